The van der Waals surface area contributed by atoms with Crippen LogP contribution in [-0.2, 0) is 4.79 Å². The lowest BCUT2D eigenvalue weighted by Gasteiger charge is -2.26. The van der Waals surface area contributed by atoms with Crippen LogP contribution in [0.25, 0.3) is 0 Å². The number of carboxylic acids is 1. The van der Waals surface area contributed by atoms with Crippen LogP contribution in [0.4, 0.5) is 4.79 Å². The second kappa shape index (κ2) is 5.82. The summed E-state index contributed by atoms with van der Waals surface area (Å²) in [5.41, 5.74) is 0. The maximum Gasteiger partial charge on any atom is 0.327 e. The summed E-state index contributed by atoms with van der Waals surface area (Å²) in [6.45, 7) is 3.67. The Bertz CT molecular complexity index is 353. The third kappa shape index (κ3) is 3.07. The maximum atomic E-state index is 11.9. The van der Waals surface area contributed by atoms with E-state index in [0.29, 0.717) is 12.2 Å². The van der Waals surface area contributed by atoms with Gasteiger partial charge in [-0.15, -0.1) is 18.2 Å². The first-order valence-corrected chi connectivity index (χ1v) is 6.45. The second-order valence-corrected chi connectivity index (χ2v) is 5.12. The Labute approximate surface area is 105 Å². The third-order valence-electron chi connectivity index (χ3n) is 2.65. The summed E-state index contributed by atoms with van der Waals surface area (Å²) in [6, 6.07) is -1.53. The minimum absolute atomic E-state index is 0.147. The van der Waals surface area contributed by atoms with Crippen LogP contribution in [0.3, 0.4) is 0 Å². The van der Waals surface area contributed by atoms with Crippen LogP contribution >= 0.6 is 11.8 Å². The minimum Gasteiger partial charge on any atom is -0.480 e. The summed E-state index contributed by atoms with van der Waals surface area (Å²) >= 11 is 1.44. The van der Waals surface area contributed by atoms with E-state index < -0.39 is 18.0 Å². The number of aliphatic carboxylic acids is 1. The van der Waals surface area contributed by atoms with Gasteiger partial charge in [-0.25, -0.2) is 9.59 Å². The SMILES string of the molecule is C#CC(CC)NC(=O)N1C(C)SCC1C(=O)O. The van der Waals surface area contributed by atoms with Crippen LogP contribution in [0, 0.1) is 12.3 Å². The Morgan fingerprint density at radius 1 is 1.71 bits per heavy atom. The number of rotatable bonds is 3. The highest BCUT2D eigenvalue weighted by molar-refractivity contribution is 8.00. The molecular formula is C11H16N2O3S. The molecule has 1 aliphatic heterocycles. The molecule has 17 heavy (non-hydrogen) atoms. The van der Waals surface area contributed by atoms with Crippen molar-refractivity contribution in [3.63, 3.8) is 0 Å². The standard InChI is InChI=1S/C11H16N2O3S/c1-4-8(5-2)12-11(16)13-7(3)17-6-9(13)10(14)15/h1,7-9H,5-6H2,2-3H3,(H,12,16)(H,14,15). The molecule has 0 bridgehead atoms. The van der Waals surface area contributed by atoms with E-state index in [-0.39, 0.29) is 11.4 Å². The second-order valence-electron chi connectivity index (χ2n) is 3.77. The van der Waals surface area contributed by atoms with Gasteiger partial charge in [0.15, 0.2) is 0 Å². The number of thioether (sulfide) groups is 1. The Balaban J connectivity index is 2.72. The molecule has 0 aromatic rings. The Hall–Kier alpha value is -1.35. The smallest absolute Gasteiger partial charge is 0.327 e. The number of nitrogens with one attached hydrogen (secondary N) is 1. The molecule has 5 nitrogen and oxygen atoms in total. The average Bonchev–Trinajstić information content (AvgIpc) is 2.67. The van der Waals surface area contributed by atoms with E-state index in [9.17, 15) is 9.59 Å². The average molecular weight is 256 g/mol. The molecule has 0 saturated carbocycles. The molecule has 0 radical (unpaired) electrons. The molecule has 1 rings (SSSR count). The van der Waals surface area contributed by atoms with Gasteiger partial charge in [-0.05, 0) is 13.3 Å². The first-order valence-electron chi connectivity index (χ1n) is 5.40. The van der Waals surface area contributed by atoms with E-state index in [2.05, 4.69) is 11.2 Å². The molecule has 1 saturated heterocycles. The summed E-state index contributed by atoms with van der Waals surface area (Å²) in [7, 11) is 0. The normalized spacial score (nSPS) is 25.1. The van der Waals surface area contributed by atoms with Crippen molar-refractivity contribution in [2.75, 3.05) is 5.75 Å². The number of urea groups is 1. The molecule has 2 amide bonds. The molecule has 6 heteroatoms. The van der Waals surface area contributed by atoms with Crippen molar-refractivity contribution in [3.05, 3.63) is 0 Å². The lowest BCUT2D eigenvalue weighted by Crippen LogP contribution is -2.51. The molecule has 0 spiro atoms. The van der Waals surface area contributed by atoms with Crippen LogP contribution in [0.15, 0.2) is 0 Å². The largest absolute Gasteiger partial charge is 0.480 e. The zero-order valence-electron chi connectivity index (χ0n) is 9.84. The number of terminal acetylenes is 1. The highest BCUT2D eigenvalue weighted by Gasteiger charge is 2.39. The van der Waals surface area contributed by atoms with Crippen LogP contribution < -0.4 is 5.32 Å². The predicted molar refractivity (Wildman–Crippen MR) is 66.6 cm³/mol. The third-order valence-corrected chi connectivity index (χ3v) is 3.87. The maximum absolute atomic E-state index is 11.9. The molecule has 3 atom stereocenters. The first kappa shape index (κ1) is 13.7. The zero-order chi connectivity index (χ0) is 13.0. The summed E-state index contributed by atoms with van der Waals surface area (Å²) in [5, 5.41) is 11.5. The van der Waals surface area contributed by atoms with Gasteiger partial charge in [0.2, 0.25) is 0 Å². The molecule has 0 aromatic carbocycles. The van der Waals surface area contributed by atoms with E-state index in [1.54, 1.807) is 0 Å². The van der Waals surface area contributed by atoms with E-state index in [1.807, 2.05) is 13.8 Å². The number of carbonyl (C=O) groups excluding carboxylic acids is 1. The highest BCUT2D eigenvalue weighted by atomic mass is 32.2. The number of nitrogens with zero attached hydrogens (tertiary/aromatic N) is 1. The van der Waals surface area contributed by atoms with Crippen LogP contribution in [-0.4, -0.2) is 45.2 Å². The fourth-order valence-corrected chi connectivity index (χ4v) is 2.79. The molecule has 1 heterocycles. The molecule has 2 N–H and O–H groups in total. The van der Waals surface area contributed by atoms with Gasteiger partial charge in [-0.2, -0.15) is 0 Å². The Morgan fingerprint density at radius 3 is 2.82 bits per heavy atom. The minimum atomic E-state index is -0.981. The van der Waals surface area contributed by atoms with Gasteiger partial charge in [-0.1, -0.05) is 12.8 Å². The van der Waals surface area contributed by atoms with Gasteiger partial charge < -0.3 is 10.4 Å². The van der Waals surface area contributed by atoms with Crippen molar-refractivity contribution in [2.24, 2.45) is 0 Å². The lowest BCUT2D eigenvalue weighted by atomic mass is 10.2. The van der Waals surface area contributed by atoms with Crippen molar-refractivity contribution >= 4 is 23.8 Å². The number of hydrogen-bond acceptors (Lipinski definition) is 3. The number of carbonyl (C=O) groups is 2. The summed E-state index contributed by atoms with van der Waals surface area (Å²) in [4.78, 5) is 24.3. The summed E-state index contributed by atoms with van der Waals surface area (Å²) in [6.07, 6.45) is 5.87. The Morgan fingerprint density at radius 2 is 2.35 bits per heavy atom. The van der Waals surface area contributed by atoms with Gasteiger partial charge in [0.05, 0.1) is 11.4 Å². The van der Waals surface area contributed by atoms with Crippen molar-refractivity contribution in [2.45, 2.75) is 37.7 Å². The van der Waals surface area contributed by atoms with E-state index in [1.165, 1.54) is 16.7 Å². The van der Waals surface area contributed by atoms with Gasteiger partial charge in [0.25, 0.3) is 0 Å². The van der Waals surface area contributed by atoms with Crippen LogP contribution in [0.1, 0.15) is 20.3 Å². The monoisotopic (exact) mass is 256 g/mol. The molecule has 1 fully saturated rings. The molecule has 3 unspecified atom stereocenters. The molecule has 0 aliphatic carbocycles. The van der Waals surface area contributed by atoms with E-state index in [4.69, 9.17) is 11.5 Å². The fourth-order valence-electron chi connectivity index (χ4n) is 1.63. The summed E-state index contributed by atoms with van der Waals surface area (Å²) in [5.74, 6) is 1.88. The Kier molecular flexibility index (Phi) is 4.70. The van der Waals surface area contributed by atoms with Gasteiger partial charge in [-0.3, -0.25) is 4.90 Å². The predicted octanol–water partition coefficient (Wildman–Crippen LogP) is 0.956. The molecule has 94 valence electrons. The zero-order valence-corrected chi connectivity index (χ0v) is 10.7. The van der Waals surface area contributed by atoms with E-state index >= 15 is 0 Å². The fraction of sp³-hybridized carbons (Fsp3) is 0.636. The van der Waals surface area contributed by atoms with Crippen molar-refractivity contribution in [1.82, 2.24) is 10.2 Å². The topological polar surface area (TPSA) is 69.6 Å². The number of hydrogen-bond donors (Lipinski definition) is 2. The molecule has 0 aromatic heterocycles. The summed E-state index contributed by atoms with van der Waals surface area (Å²) < 4.78 is 0. The van der Waals surface area contributed by atoms with Gasteiger partial charge >= 0.3 is 12.0 Å². The van der Waals surface area contributed by atoms with Gasteiger partial charge in [0, 0.05) is 5.75 Å². The van der Waals surface area contributed by atoms with Crippen molar-refractivity contribution < 1.29 is 14.7 Å². The van der Waals surface area contributed by atoms with Gasteiger partial charge in [0.1, 0.15) is 6.04 Å². The molecular weight excluding hydrogens is 240 g/mol. The van der Waals surface area contributed by atoms with E-state index in [0.717, 1.165) is 0 Å². The highest BCUT2D eigenvalue weighted by Crippen LogP contribution is 2.28. The van der Waals surface area contributed by atoms with Crippen LogP contribution in [0.5, 0.6) is 0 Å². The van der Waals surface area contributed by atoms with Crippen molar-refractivity contribution in [3.8, 4) is 12.3 Å². The quantitative estimate of drug-likeness (QED) is 0.738. The lowest BCUT2D eigenvalue weighted by molar-refractivity contribution is -0.141. The number of amides is 2. The first-order chi connectivity index (χ1) is 8.01. The van der Waals surface area contributed by atoms with Crippen molar-refractivity contribution in [1.29, 1.82) is 0 Å². The molecule has 1 aliphatic rings. The number of carboxylic acid groups (broad SMARTS) is 1. The van der Waals surface area contributed by atoms with Crippen LogP contribution in [0.2, 0.25) is 0 Å².